The SMILES string of the molecule is Cn1cc(CN[C@H]2CCCC[C@@H]2Cc2ccc3c(c2)CN(C2CCC(=O)NC2=O)C3=O)cn1. The molecule has 2 aliphatic heterocycles. The minimum absolute atomic E-state index is 0.111. The second-order valence-corrected chi connectivity index (χ2v) is 9.65. The highest BCUT2D eigenvalue weighted by atomic mass is 16.2. The maximum absolute atomic E-state index is 12.9. The minimum atomic E-state index is -0.564. The van der Waals surface area contributed by atoms with Crippen molar-refractivity contribution in [2.45, 2.75) is 70.1 Å². The van der Waals surface area contributed by atoms with E-state index in [0.29, 0.717) is 30.5 Å². The van der Waals surface area contributed by atoms with Gasteiger partial charge in [0.15, 0.2) is 0 Å². The zero-order valence-corrected chi connectivity index (χ0v) is 19.0. The summed E-state index contributed by atoms with van der Waals surface area (Å²) in [6.07, 6.45) is 10.5. The molecule has 0 radical (unpaired) electrons. The van der Waals surface area contributed by atoms with Gasteiger partial charge < -0.3 is 10.2 Å². The largest absolute Gasteiger partial charge is 0.322 e. The summed E-state index contributed by atoms with van der Waals surface area (Å²) in [5, 5.41) is 10.4. The van der Waals surface area contributed by atoms with Gasteiger partial charge in [-0.3, -0.25) is 24.4 Å². The Morgan fingerprint density at radius 1 is 1.12 bits per heavy atom. The molecule has 3 atom stereocenters. The van der Waals surface area contributed by atoms with Gasteiger partial charge in [-0.25, -0.2) is 0 Å². The summed E-state index contributed by atoms with van der Waals surface area (Å²) in [4.78, 5) is 38.3. The number of aryl methyl sites for hydroxylation is 1. The molecule has 8 nitrogen and oxygen atoms in total. The quantitative estimate of drug-likeness (QED) is 0.659. The summed E-state index contributed by atoms with van der Waals surface area (Å²) in [6, 6.07) is 6.03. The summed E-state index contributed by atoms with van der Waals surface area (Å²) in [7, 11) is 1.94. The molecule has 3 aliphatic rings. The Morgan fingerprint density at radius 3 is 2.76 bits per heavy atom. The monoisotopic (exact) mass is 449 g/mol. The Labute approximate surface area is 193 Å². The number of hydrogen-bond acceptors (Lipinski definition) is 5. The molecule has 1 saturated carbocycles. The molecule has 1 aromatic heterocycles. The highest BCUT2D eigenvalue weighted by Gasteiger charge is 2.39. The maximum Gasteiger partial charge on any atom is 0.255 e. The van der Waals surface area contributed by atoms with Crippen LogP contribution in [0.2, 0.25) is 0 Å². The van der Waals surface area contributed by atoms with Crippen molar-refractivity contribution in [3.05, 3.63) is 52.8 Å². The van der Waals surface area contributed by atoms with Crippen molar-refractivity contribution in [2.24, 2.45) is 13.0 Å². The van der Waals surface area contributed by atoms with E-state index in [4.69, 9.17) is 0 Å². The topological polar surface area (TPSA) is 96.3 Å². The van der Waals surface area contributed by atoms with Crippen molar-refractivity contribution < 1.29 is 14.4 Å². The lowest BCUT2D eigenvalue weighted by molar-refractivity contribution is -0.136. The van der Waals surface area contributed by atoms with Crippen molar-refractivity contribution in [1.82, 2.24) is 25.3 Å². The number of amides is 3. The summed E-state index contributed by atoms with van der Waals surface area (Å²) in [5.41, 5.74) is 4.11. The Balaban J connectivity index is 1.25. The number of carbonyl (C=O) groups is 3. The van der Waals surface area contributed by atoms with E-state index in [-0.39, 0.29) is 24.1 Å². The first kappa shape index (κ1) is 21.8. The van der Waals surface area contributed by atoms with Crippen LogP contribution in [0.3, 0.4) is 0 Å². The Bertz CT molecular complexity index is 1080. The predicted octanol–water partition coefficient (Wildman–Crippen LogP) is 2.07. The summed E-state index contributed by atoms with van der Waals surface area (Å²) >= 11 is 0. The highest BCUT2D eigenvalue weighted by molar-refractivity contribution is 6.05. The molecule has 2 N–H and O–H groups in total. The number of imide groups is 1. The Hall–Kier alpha value is -3.00. The fraction of sp³-hybridized carbons (Fsp3) is 0.520. The molecule has 174 valence electrons. The first-order chi connectivity index (χ1) is 16.0. The molecule has 3 heterocycles. The zero-order valence-electron chi connectivity index (χ0n) is 19.0. The second kappa shape index (κ2) is 9.09. The first-order valence-corrected chi connectivity index (χ1v) is 12.0. The molecule has 5 rings (SSSR count). The molecule has 1 aromatic carbocycles. The van der Waals surface area contributed by atoms with Crippen molar-refractivity contribution in [2.75, 3.05) is 0 Å². The van der Waals surface area contributed by atoms with Crippen molar-refractivity contribution in [1.29, 1.82) is 0 Å². The lowest BCUT2D eigenvalue weighted by Gasteiger charge is -2.32. The number of carbonyl (C=O) groups excluding carboxylic acids is 3. The fourth-order valence-electron chi connectivity index (χ4n) is 5.59. The molecule has 0 spiro atoms. The van der Waals surface area contributed by atoms with Crippen LogP contribution in [0, 0.1) is 5.92 Å². The number of fused-ring (bicyclic) bond motifs is 1. The van der Waals surface area contributed by atoms with Crippen LogP contribution in [0.15, 0.2) is 30.6 Å². The van der Waals surface area contributed by atoms with Crippen LogP contribution in [0.5, 0.6) is 0 Å². The summed E-state index contributed by atoms with van der Waals surface area (Å²) in [5.74, 6) is -0.184. The summed E-state index contributed by atoms with van der Waals surface area (Å²) in [6.45, 7) is 1.26. The van der Waals surface area contributed by atoms with E-state index in [9.17, 15) is 14.4 Å². The molecule has 8 heteroatoms. The molecular formula is C25H31N5O3. The predicted molar refractivity (Wildman–Crippen MR) is 122 cm³/mol. The second-order valence-electron chi connectivity index (χ2n) is 9.65. The number of aromatic nitrogens is 2. The zero-order chi connectivity index (χ0) is 22.9. The highest BCUT2D eigenvalue weighted by Crippen LogP contribution is 2.31. The Morgan fingerprint density at radius 2 is 1.97 bits per heavy atom. The van der Waals surface area contributed by atoms with Crippen LogP contribution in [-0.4, -0.2) is 44.5 Å². The van der Waals surface area contributed by atoms with E-state index in [2.05, 4.69) is 34.1 Å². The number of benzene rings is 1. The number of rotatable bonds is 6. The van der Waals surface area contributed by atoms with E-state index in [1.54, 1.807) is 4.90 Å². The van der Waals surface area contributed by atoms with Gasteiger partial charge in [-0.1, -0.05) is 25.0 Å². The molecule has 2 aromatic rings. The number of nitrogens with one attached hydrogen (secondary N) is 2. The molecule has 3 amide bonds. The first-order valence-electron chi connectivity index (χ1n) is 12.0. The van der Waals surface area contributed by atoms with Gasteiger partial charge in [0.25, 0.3) is 5.91 Å². The third kappa shape index (κ3) is 4.57. The molecule has 1 saturated heterocycles. The van der Waals surface area contributed by atoms with E-state index in [0.717, 1.165) is 18.5 Å². The smallest absolute Gasteiger partial charge is 0.255 e. The lowest BCUT2D eigenvalue weighted by Crippen LogP contribution is -2.52. The van der Waals surface area contributed by atoms with E-state index in [1.807, 2.05) is 24.0 Å². The van der Waals surface area contributed by atoms with Crippen LogP contribution in [-0.2, 0) is 36.1 Å². The average molecular weight is 450 g/mol. The van der Waals surface area contributed by atoms with Crippen LogP contribution in [0.4, 0.5) is 0 Å². The van der Waals surface area contributed by atoms with Crippen molar-refractivity contribution in [3.63, 3.8) is 0 Å². The van der Waals surface area contributed by atoms with Gasteiger partial charge in [0.2, 0.25) is 11.8 Å². The minimum Gasteiger partial charge on any atom is -0.322 e. The summed E-state index contributed by atoms with van der Waals surface area (Å²) < 4.78 is 1.83. The molecule has 33 heavy (non-hydrogen) atoms. The van der Waals surface area contributed by atoms with Crippen LogP contribution in [0.25, 0.3) is 0 Å². The maximum atomic E-state index is 12.9. The lowest BCUT2D eigenvalue weighted by atomic mass is 9.80. The normalized spacial score (nSPS) is 25.3. The molecular weight excluding hydrogens is 418 g/mol. The van der Waals surface area contributed by atoms with Gasteiger partial charge in [0, 0.05) is 49.9 Å². The molecule has 1 unspecified atom stereocenters. The Kier molecular flexibility index (Phi) is 6.01. The number of nitrogens with zero attached hydrogens (tertiary/aromatic N) is 3. The van der Waals surface area contributed by atoms with Gasteiger partial charge >= 0.3 is 0 Å². The molecule has 2 fully saturated rings. The van der Waals surface area contributed by atoms with Crippen LogP contribution >= 0.6 is 0 Å². The van der Waals surface area contributed by atoms with Gasteiger partial charge in [0.05, 0.1) is 6.20 Å². The van der Waals surface area contributed by atoms with Crippen LogP contribution in [0.1, 0.15) is 65.6 Å². The number of hydrogen-bond donors (Lipinski definition) is 2. The number of piperidine rings is 1. The van der Waals surface area contributed by atoms with Crippen molar-refractivity contribution >= 4 is 17.7 Å². The standard InChI is InChI=1S/C25H31N5O3/c1-29-14-17(13-27-29)12-26-21-5-3-2-4-18(21)10-16-6-7-20-19(11-16)15-30(25(20)33)22-8-9-23(31)28-24(22)32/h6-7,11,13-14,18,21-22,26H,2-5,8-10,12,15H2,1H3,(H,28,31,32)/t18-,21+,22?/m1/s1. The fourth-order valence-corrected chi connectivity index (χ4v) is 5.59. The third-order valence-electron chi connectivity index (χ3n) is 7.32. The van der Waals surface area contributed by atoms with E-state index < -0.39 is 6.04 Å². The third-order valence-corrected chi connectivity index (χ3v) is 7.32. The van der Waals surface area contributed by atoms with Crippen LogP contribution < -0.4 is 10.6 Å². The van der Waals surface area contributed by atoms with E-state index in [1.165, 1.54) is 36.8 Å². The average Bonchev–Trinajstić information content (AvgIpc) is 3.36. The van der Waals surface area contributed by atoms with Gasteiger partial charge in [-0.05, 0) is 48.8 Å². The molecule has 0 bridgehead atoms. The van der Waals surface area contributed by atoms with E-state index >= 15 is 0 Å². The van der Waals surface area contributed by atoms with Gasteiger partial charge in [0.1, 0.15) is 6.04 Å². The van der Waals surface area contributed by atoms with Gasteiger partial charge in [-0.15, -0.1) is 0 Å². The van der Waals surface area contributed by atoms with Gasteiger partial charge in [-0.2, -0.15) is 5.10 Å². The molecule has 1 aliphatic carbocycles. The van der Waals surface area contributed by atoms with Crippen molar-refractivity contribution in [3.8, 4) is 0 Å².